The Balaban J connectivity index is 2.18. The number of para-hydroxylation sites is 1. The van der Waals surface area contributed by atoms with Crippen LogP contribution in [0.15, 0.2) is 53.0 Å². The molecule has 2 aromatic carbocycles. The highest BCUT2D eigenvalue weighted by Crippen LogP contribution is 2.46. The largest absolute Gasteiger partial charge is 0.453 e. The number of esters is 1. The van der Waals surface area contributed by atoms with E-state index >= 15 is 0 Å². The summed E-state index contributed by atoms with van der Waals surface area (Å²) in [6, 6.07) is 11.4. The third-order valence-corrected chi connectivity index (χ3v) is 3.88. The van der Waals surface area contributed by atoms with Gasteiger partial charge in [0.25, 0.3) is 0 Å². The molecule has 0 aromatic heterocycles. The van der Waals surface area contributed by atoms with Gasteiger partial charge in [0.2, 0.25) is 0 Å². The summed E-state index contributed by atoms with van der Waals surface area (Å²) in [5.74, 6) is -1.02. The lowest BCUT2D eigenvalue weighted by molar-refractivity contribution is -0.254. The molecule has 0 spiro atoms. The SMILES string of the molecule is O=C1O[C@@](c2ccc(Br)cc2)(C(F)(F)F)Nc2ccccc21. The zero-order valence-electron chi connectivity index (χ0n) is 10.9. The molecule has 0 radical (unpaired) electrons. The molecule has 1 heterocycles. The molecule has 0 amide bonds. The van der Waals surface area contributed by atoms with Gasteiger partial charge in [-0.1, -0.05) is 40.2 Å². The molecule has 1 aliphatic heterocycles. The maximum atomic E-state index is 13.7. The van der Waals surface area contributed by atoms with Crippen molar-refractivity contribution in [3.8, 4) is 0 Å². The number of cyclic esters (lactones) is 1. The lowest BCUT2D eigenvalue weighted by Gasteiger charge is -2.40. The molecule has 0 fully saturated rings. The van der Waals surface area contributed by atoms with Crippen molar-refractivity contribution in [3.63, 3.8) is 0 Å². The second-order valence-corrected chi connectivity index (χ2v) is 5.66. The first-order valence-corrected chi connectivity index (χ1v) is 7.06. The predicted octanol–water partition coefficient (Wildman–Crippen LogP) is 4.45. The van der Waals surface area contributed by atoms with Gasteiger partial charge >= 0.3 is 17.9 Å². The molecule has 1 aliphatic rings. The van der Waals surface area contributed by atoms with Gasteiger partial charge < -0.3 is 10.1 Å². The third kappa shape index (κ3) is 2.25. The minimum atomic E-state index is -4.83. The molecular formula is C15H9BrF3NO2. The van der Waals surface area contributed by atoms with E-state index in [1.165, 1.54) is 36.4 Å². The predicted molar refractivity (Wildman–Crippen MR) is 77.4 cm³/mol. The monoisotopic (exact) mass is 371 g/mol. The number of hydrogen-bond donors (Lipinski definition) is 1. The van der Waals surface area contributed by atoms with Crippen LogP contribution in [0.1, 0.15) is 15.9 Å². The summed E-state index contributed by atoms with van der Waals surface area (Å²) in [6.07, 6.45) is -4.83. The molecule has 114 valence electrons. The highest BCUT2D eigenvalue weighted by atomic mass is 79.9. The molecule has 1 N–H and O–H groups in total. The molecule has 3 nitrogen and oxygen atoms in total. The Kier molecular flexibility index (Phi) is 3.40. The number of fused-ring (bicyclic) bond motifs is 1. The van der Waals surface area contributed by atoms with E-state index in [1.54, 1.807) is 12.1 Å². The summed E-state index contributed by atoms with van der Waals surface area (Å²) in [5.41, 5.74) is -2.95. The van der Waals surface area contributed by atoms with Crippen molar-refractivity contribution in [2.24, 2.45) is 0 Å². The first-order valence-electron chi connectivity index (χ1n) is 6.27. The normalized spacial score (nSPS) is 20.8. The number of anilines is 1. The Hall–Kier alpha value is -2.02. The molecule has 0 bridgehead atoms. The Morgan fingerprint density at radius 1 is 1.05 bits per heavy atom. The highest BCUT2D eigenvalue weighted by molar-refractivity contribution is 9.10. The number of carbonyl (C=O) groups excluding carboxylic acids is 1. The van der Waals surface area contributed by atoms with Crippen LogP contribution in [-0.2, 0) is 10.5 Å². The van der Waals surface area contributed by atoms with Gasteiger partial charge in [0.1, 0.15) is 0 Å². The molecule has 3 rings (SSSR count). The summed E-state index contributed by atoms with van der Waals surface area (Å²) < 4.78 is 46.5. The van der Waals surface area contributed by atoms with Crippen molar-refractivity contribution in [2.75, 3.05) is 5.32 Å². The molecular weight excluding hydrogens is 363 g/mol. The average molecular weight is 372 g/mol. The lowest BCUT2D eigenvalue weighted by atomic mass is 9.98. The zero-order chi connectivity index (χ0) is 16.0. The Morgan fingerprint density at radius 2 is 1.68 bits per heavy atom. The number of rotatable bonds is 1. The van der Waals surface area contributed by atoms with Crippen molar-refractivity contribution >= 4 is 27.6 Å². The molecule has 0 unspecified atom stereocenters. The molecule has 0 saturated heterocycles. The van der Waals surface area contributed by atoms with E-state index in [0.717, 1.165) is 0 Å². The van der Waals surface area contributed by atoms with Crippen molar-refractivity contribution in [1.82, 2.24) is 0 Å². The first kappa shape index (κ1) is 14.9. The molecule has 1 atom stereocenters. The number of carbonyl (C=O) groups is 1. The van der Waals surface area contributed by atoms with Gasteiger partial charge in [0.15, 0.2) is 0 Å². The number of benzene rings is 2. The van der Waals surface area contributed by atoms with Crippen LogP contribution in [0.2, 0.25) is 0 Å². The van der Waals surface area contributed by atoms with Gasteiger partial charge in [-0.15, -0.1) is 0 Å². The number of nitrogens with one attached hydrogen (secondary N) is 1. The third-order valence-electron chi connectivity index (χ3n) is 3.35. The van der Waals surface area contributed by atoms with Crippen molar-refractivity contribution < 1.29 is 22.7 Å². The van der Waals surface area contributed by atoms with E-state index in [0.29, 0.717) is 4.47 Å². The minimum Gasteiger partial charge on any atom is -0.421 e. The van der Waals surface area contributed by atoms with Crippen molar-refractivity contribution in [2.45, 2.75) is 11.9 Å². The van der Waals surface area contributed by atoms with Crippen LogP contribution in [0, 0.1) is 0 Å². The second kappa shape index (κ2) is 5.01. The summed E-state index contributed by atoms with van der Waals surface area (Å²) >= 11 is 3.17. The highest BCUT2D eigenvalue weighted by Gasteiger charge is 2.62. The average Bonchev–Trinajstić information content (AvgIpc) is 2.46. The van der Waals surface area contributed by atoms with Gasteiger partial charge in [-0.25, -0.2) is 4.79 Å². The van der Waals surface area contributed by atoms with Crippen molar-refractivity contribution in [1.29, 1.82) is 0 Å². The topological polar surface area (TPSA) is 38.3 Å². The molecule has 2 aromatic rings. The van der Waals surface area contributed by atoms with Gasteiger partial charge in [0.05, 0.1) is 11.3 Å². The smallest absolute Gasteiger partial charge is 0.421 e. The second-order valence-electron chi connectivity index (χ2n) is 4.75. The van der Waals surface area contributed by atoms with Crippen LogP contribution in [0.3, 0.4) is 0 Å². The Morgan fingerprint density at radius 3 is 2.32 bits per heavy atom. The van der Waals surface area contributed by atoms with Crippen molar-refractivity contribution in [3.05, 3.63) is 64.1 Å². The van der Waals surface area contributed by atoms with Crippen LogP contribution in [0.5, 0.6) is 0 Å². The molecule has 0 aliphatic carbocycles. The fraction of sp³-hybridized carbons (Fsp3) is 0.133. The summed E-state index contributed by atoms with van der Waals surface area (Å²) in [4.78, 5) is 12.0. The van der Waals surface area contributed by atoms with Gasteiger partial charge in [0, 0.05) is 10.0 Å². The van der Waals surface area contributed by atoms with Crippen LogP contribution >= 0.6 is 15.9 Å². The van der Waals surface area contributed by atoms with E-state index < -0.39 is 17.9 Å². The standard InChI is InChI=1S/C15H9BrF3NO2/c16-10-7-5-9(6-8-10)14(15(17,18)19)20-12-4-2-1-3-11(12)13(21)22-14/h1-8,20H/t14-/m0/s1. The zero-order valence-corrected chi connectivity index (χ0v) is 12.5. The van der Waals surface area contributed by atoms with E-state index in [-0.39, 0.29) is 16.8 Å². The van der Waals surface area contributed by atoms with Crippen LogP contribution in [-0.4, -0.2) is 12.1 Å². The summed E-state index contributed by atoms with van der Waals surface area (Å²) in [6.45, 7) is 0. The van der Waals surface area contributed by atoms with E-state index in [9.17, 15) is 18.0 Å². The Bertz CT molecular complexity index is 730. The number of alkyl halides is 3. The van der Waals surface area contributed by atoms with E-state index in [2.05, 4.69) is 21.2 Å². The fourth-order valence-corrected chi connectivity index (χ4v) is 2.55. The fourth-order valence-electron chi connectivity index (χ4n) is 2.29. The van der Waals surface area contributed by atoms with Crippen LogP contribution < -0.4 is 5.32 Å². The maximum Gasteiger partial charge on any atom is 0.453 e. The van der Waals surface area contributed by atoms with Gasteiger partial charge in [-0.05, 0) is 24.3 Å². The Labute approximate surface area is 132 Å². The molecule has 22 heavy (non-hydrogen) atoms. The van der Waals surface area contributed by atoms with Crippen LogP contribution in [0.25, 0.3) is 0 Å². The van der Waals surface area contributed by atoms with E-state index in [1.807, 2.05) is 0 Å². The lowest BCUT2D eigenvalue weighted by Crippen LogP contribution is -2.54. The minimum absolute atomic E-state index is 0.0690. The van der Waals surface area contributed by atoms with Gasteiger partial charge in [-0.2, -0.15) is 13.2 Å². The van der Waals surface area contributed by atoms with E-state index in [4.69, 9.17) is 4.74 Å². The number of halogens is 4. The molecule has 7 heteroatoms. The number of hydrogen-bond acceptors (Lipinski definition) is 3. The summed E-state index contributed by atoms with van der Waals surface area (Å²) in [5, 5.41) is 2.33. The quantitative estimate of drug-likeness (QED) is 0.752. The maximum absolute atomic E-state index is 13.7. The van der Waals surface area contributed by atoms with Gasteiger partial charge in [-0.3, -0.25) is 0 Å². The van der Waals surface area contributed by atoms with Crippen LogP contribution in [0.4, 0.5) is 18.9 Å². The number of ether oxygens (including phenoxy) is 1. The summed E-state index contributed by atoms with van der Waals surface area (Å²) in [7, 11) is 0. The molecule has 0 saturated carbocycles. The first-order chi connectivity index (χ1) is 10.3.